The summed E-state index contributed by atoms with van der Waals surface area (Å²) in [6.07, 6.45) is 2.63. The van der Waals surface area contributed by atoms with Crippen LogP contribution in [0.3, 0.4) is 0 Å². The van der Waals surface area contributed by atoms with Crippen LogP contribution in [-0.4, -0.2) is 49.7 Å². The minimum atomic E-state index is -0.0897. The van der Waals surface area contributed by atoms with Crippen LogP contribution in [-0.2, 0) is 17.7 Å². The Morgan fingerprint density at radius 2 is 1.82 bits per heavy atom. The SMILES string of the molecule is CC1Cc2ccccc2N1Cc1occc1C(=O)NCC(c1ccccc1)N1CCOCC1. The quantitative estimate of drug-likeness (QED) is 0.595. The van der Waals surface area contributed by atoms with Gasteiger partial charge >= 0.3 is 0 Å². The molecule has 1 saturated heterocycles. The third-order valence-corrected chi connectivity index (χ3v) is 6.78. The number of hydrogen-bond acceptors (Lipinski definition) is 5. The number of hydrogen-bond donors (Lipinski definition) is 1. The Bertz CT molecular complexity index is 1070. The number of morpholine rings is 1. The van der Waals surface area contributed by atoms with Gasteiger partial charge < -0.3 is 19.4 Å². The Balaban J connectivity index is 1.29. The van der Waals surface area contributed by atoms with Crippen molar-refractivity contribution in [2.75, 3.05) is 37.7 Å². The molecule has 0 aliphatic carbocycles. The fourth-order valence-corrected chi connectivity index (χ4v) is 5.00. The summed E-state index contributed by atoms with van der Waals surface area (Å²) in [5.41, 5.74) is 4.39. The lowest BCUT2D eigenvalue weighted by molar-refractivity contribution is 0.0162. The molecule has 6 nitrogen and oxygen atoms in total. The molecule has 33 heavy (non-hydrogen) atoms. The van der Waals surface area contributed by atoms with Crippen LogP contribution < -0.4 is 10.2 Å². The maximum absolute atomic E-state index is 13.2. The average Bonchev–Trinajstić information content (AvgIpc) is 3.45. The Morgan fingerprint density at radius 1 is 1.06 bits per heavy atom. The summed E-state index contributed by atoms with van der Waals surface area (Å²) in [4.78, 5) is 17.9. The maximum Gasteiger partial charge on any atom is 0.254 e. The van der Waals surface area contributed by atoms with Crippen LogP contribution in [0.1, 0.15) is 40.2 Å². The van der Waals surface area contributed by atoms with E-state index in [9.17, 15) is 4.79 Å². The van der Waals surface area contributed by atoms with Crippen molar-refractivity contribution in [3.05, 3.63) is 89.4 Å². The van der Waals surface area contributed by atoms with Crippen LogP contribution in [0.5, 0.6) is 0 Å². The normalized spacial score (nSPS) is 19.3. The summed E-state index contributed by atoms with van der Waals surface area (Å²) in [6.45, 7) is 6.50. The Morgan fingerprint density at radius 3 is 2.64 bits per heavy atom. The highest BCUT2D eigenvalue weighted by Crippen LogP contribution is 2.33. The number of fused-ring (bicyclic) bond motifs is 1. The zero-order chi connectivity index (χ0) is 22.6. The van der Waals surface area contributed by atoms with Gasteiger partial charge in [-0.25, -0.2) is 0 Å². The van der Waals surface area contributed by atoms with Crippen molar-refractivity contribution < 1.29 is 13.9 Å². The molecule has 2 aliphatic heterocycles. The topological polar surface area (TPSA) is 58.0 Å². The number of furan rings is 1. The first-order valence-corrected chi connectivity index (χ1v) is 11.8. The molecule has 0 saturated carbocycles. The van der Waals surface area contributed by atoms with Crippen LogP contribution in [0.25, 0.3) is 0 Å². The molecule has 3 aromatic rings. The van der Waals surface area contributed by atoms with Crippen LogP contribution in [0, 0.1) is 0 Å². The summed E-state index contributed by atoms with van der Waals surface area (Å²) >= 11 is 0. The molecule has 5 rings (SSSR count). The molecule has 2 aromatic carbocycles. The number of carbonyl (C=O) groups is 1. The van der Waals surface area contributed by atoms with Gasteiger partial charge in [0, 0.05) is 31.4 Å². The van der Waals surface area contributed by atoms with E-state index >= 15 is 0 Å². The monoisotopic (exact) mass is 445 g/mol. The molecule has 172 valence electrons. The van der Waals surface area contributed by atoms with Gasteiger partial charge in [-0.1, -0.05) is 48.5 Å². The molecule has 2 unspecified atom stereocenters. The number of amides is 1. The van der Waals surface area contributed by atoms with Crippen LogP contribution >= 0.6 is 0 Å². The molecule has 0 bridgehead atoms. The van der Waals surface area contributed by atoms with Crippen molar-refractivity contribution in [1.29, 1.82) is 0 Å². The number of benzene rings is 2. The summed E-state index contributed by atoms with van der Waals surface area (Å²) in [6, 6.07) is 21.1. The first kappa shape index (κ1) is 21.7. The average molecular weight is 446 g/mol. The summed E-state index contributed by atoms with van der Waals surface area (Å²) in [5, 5.41) is 3.18. The Labute approximate surface area is 195 Å². The van der Waals surface area contributed by atoms with Gasteiger partial charge in [-0.2, -0.15) is 0 Å². The van der Waals surface area contributed by atoms with Crippen molar-refractivity contribution in [3.63, 3.8) is 0 Å². The van der Waals surface area contributed by atoms with Gasteiger partial charge in [-0.05, 0) is 36.6 Å². The van der Waals surface area contributed by atoms with Gasteiger partial charge in [0.2, 0.25) is 0 Å². The van der Waals surface area contributed by atoms with Crippen molar-refractivity contribution in [2.45, 2.75) is 32.0 Å². The molecule has 2 aliphatic rings. The third-order valence-electron chi connectivity index (χ3n) is 6.78. The number of anilines is 1. The third kappa shape index (κ3) is 4.68. The summed E-state index contributed by atoms with van der Waals surface area (Å²) in [7, 11) is 0. The molecule has 2 atom stereocenters. The van der Waals surface area contributed by atoms with E-state index in [0.29, 0.717) is 30.5 Å². The second-order valence-corrected chi connectivity index (χ2v) is 8.85. The second kappa shape index (κ2) is 9.81. The molecule has 1 N–H and O–H groups in total. The standard InChI is InChI=1S/C27H31N3O3/c1-20-17-22-9-5-6-10-24(22)30(20)19-26-23(11-14-33-26)27(31)28-18-25(21-7-3-2-4-8-21)29-12-15-32-16-13-29/h2-11,14,20,25H,12-13,15-19H2,1H3,(H,28,31). The highest BCUT2D eigenvalue weighted by Gasteiger charge is 2.29. The number of ether oxygens (including phenoxy) is 1. The molecular formula is C27H31N3O3. The van der Waals surface area contributed by atoms with E-state index in [2.05, 4.69) is 58.4 Å². The van der Waals surface area contributed by atoms with E-state index in [-0.39, 0.29) is 11.9 Å². The molecule has 0 spiro atoms. The number of carbonyl (C=O) groups excluding carboxylic acids is 1. The second-order valence-electron chi connectivity index (χ2n) is 8.85. The van der Waals surface area contributed by atoms with E-state index in [4.69, 9.17) is 9.15 Å². The summed E-state index contributed by atoms with van der Waals surface area (Å²) in [5.74, 6) is 0.617. The lowest BCUT2D eigenvalue weighted by Gasteiger charge is -2.35. The van der Waals surface area contributed by atoms with Gasteiger partial charge in [0.15, 0.2) is 0 Å². The van der Waals surface area contributed by atoms with Gasteiger partial charge in [0.25, 0.3) is 5.91 Å². The van der Waals surface area contributed by atoms with Gasteiger partial charge in [-0.3, -0.25) is 9.69 Å². The zero-order valence-corrected chi connectivity index (χ0v) is 19.1. The van der Waals surface area contributed by atoms with E-state index in [1.54, 1.807) is 12.3 Å². The van der Waals surface area contributed by atoms with Crippen molar-refractivity contribution in [1.82, 2.24) is 10.2 Å². The minimum absolute atomic E-state index is 0.0897. The largest absolute Gasteiger partial charge is 0.467 e. The van der Waals surface area contributed by atoms with E-state index in [1.807, 2.05) is 18.2 Å². The van der Waals surface area contributed by atoms with E-state index < -0.39 is 0 Å². The van der Waals surface area contributed by atoms with E-state index in [1.165, 1.54) is 16.8 Å². The fourth-order valence-electron chi connectivity index (χ4n) is 5.00. The van der Waals surface area contributed by atoms with Crippen LogP contribution in [0.4, 0.5) is 5.69 Å². The number of nitrogens with zero attached hydrogens (tertiary/aromatic N) is 2. The Hall–Kier alpha value is -3.09. The highest BCUT2D eigenvalue weighted by molar-refractivity contribution is 5.95. The van der Waals surface area contributed by atoms with Gasteiger partial charge in [0.05, 0.1) is 37.6 Å². The van der Waals surface area contributed by atoms with Crippen LogP contribution in [0.15, 0.2) is 71.3 Å². The van der Waals surface area contributed by atoms with Gasteiger partial charge in [-0.15, -0.1) is 0 Å². The van der Waals surface area contributed by atoms with Crippen molar-refractivity contribution >= 4 is 11.6 Å². The molecule has 3 heterocycles. The first-order chi connectivity index (χ1) is 16.2. The smallest absolute Gasteiger partial charge is 0.254 e. The first-order valence-electron chi connectivity index (χ1n) is 11.8. The highest BCUT2D eigenvalue weighted by atomic mass is 16.5. The predicted octanol–water partition coefficient (Wildman–Crippen LogP) is 4.03. The van der Waals surface area contributed by atoms with Crippen LogP contribution in [0.2, 0.25) is 0 Å². The molecule has 1 fully saturated rings. The lowest BCUT2D eigenvalue weighted by Crippen LogP contribution is -2.44. The number of nitrogens with one attached hydrogen (secondary N) is 1. The van der Waals surface area contributed by atoms with E-state index in [0.717, 1.165) is 32.7 Å². The fraction of sp³-hybridized carbons (Fsp3) is 0.370. The predicted molar refractivity (Wildman–Crippen MR) is 128 cm³/mol. The number of rotatable bonds is 7. The summed E-state index contributed by atoms with van der Waals surface area (Å²) < 4.78 is 11.3. The molecule has 1 aromatic heterocycles. The molecule has 1 amide bonds. The molecule has 0 radical (unpaired) electrons. The number of para-hydroxylation sites is 1. The lowest BCUT2D eigenvalue weighted by atomic mass is 10.0. The van der Waals surface area contributed by atoms with Crippen molar-refractivity contribution in [2.24, 2.45) is 0 Å². The maximum atomic E-state index is 13.2. The zero-order valence-electron chi connectivity index (χ0n) is 19.1. The van der Waals surface area contributed by atoms with Crippen molar-refractivity contribution in [3.8, 4) is 0 Å². The Kier molecular flexibility index (Phi) is 6.46. The molecule has 6 heteroatoms. The van der Waals surface area contributed by atoms with Gasteiger partial charge in [0.1, 0.15) is 5.76 Å². The minimum Gasteiger partial charge on any atom is -0.467 e. The molecular weight excluding hydrogens is 414 g/mol.